The van der Waals surface area contributed by atoms with Crippen molar-refractivity contribution >= 4 is 5.91 Å². The van der Waals surface area contributed by atoms with Crippen molar-refractivity contribution in [2.24, 2.45) is 11.7 Å². The molecule has 0 aromatic carbocycles. The van der Waals surface area contributed by atoms with Crippen LogP contribution in [0.5, 0.6) is 0 Å². The molecule has 1 aliphatic rings. The molecule has 3 atom stereocenters. The van der Waals surface area contributed by atoms with Crippen molar-refractivity contribution in [3.63, 3.8) is 0 Å². The van der Waals surface area contributed by atoms with Crippen LogP contribution in [0.4, 0.5) is 0 Å². The fraction of sp³-hybridized carbons (Fsp3) is 0.923. The van der Waals surface area contributed by atoms with Crippen LogP contribution in [0.15, 0.2) is 0 Å². The second-order valence-electron chi connectivity index (χ2n) is 5.33. The summed E-state index contributed by atoms with van der Waals surface area (Å²) in [4.78, 5) is 16.3. The topological polar surface area (TPSA) is 69.8 Å². The highest BCUT2D eigenvalue weighted by Crippen LogP contribution is 2.15. The molecule has 5 heteroatoms. The maximum atomic E-state index is 12.1. The fourth-order valence-electron chi connectivity index (χ4n) is 2.47. The number of amides is 1. The number of nitrogens with zero attached hydrogens (tertiary/aromatic N) is 2. The maximum absolute atomic E-state index is 12.1. The number of aliphatic hydroxyl groups excluding tert-OH is 1. The Kier molecular flexibility index (Phi) is 6.05. The molecule has 1 saturated heterocycles. The van der Waals surface area contributed by atoms with Gasteiger partial charge in [0.05, 0.1) is 6.10 Å². The Morgan fingerprint density at radius 1 is 1.44 bits per heavy atom. The molecule has 5 nitrogen and oxygen atoms in total. The van der Waals surface area contributed by atoms with Crippen LogP contribution in [0.25, 0.3) is 0 Å². The van der Waals surface area contributed by atoms with Crippen molar-refractivity contribution < 1.29 is 9.90 Å². The zero-order valence-electron chi connectivity index (χ0n) is 11.8. The Morgan fingerprint density at radius 2 is 2.11 bits per heavy atom. The number of aliphatic hydroxyl groups is 1. The van der Waals surface area contributed by atoms with Crippen LogP contribution >= 0.6 is 0 Å². The molecule has 1 fully saturated rings. The number of hydrogen-bond donors (Lipinski definition) is 2. The van der Waals surface area contributed by atoms with Gasteiger partial charge in [-0.05, 0) is 13.3 Å². The molecule has 0 radical (unpaired) electrons. The first-order valence-corrected chi connectivity index (χ1v) is 6.90. The van der Waals surface area contributed by atoms with E-state index in [1.165, 1.54) is 0 Å². The molecule has 0 aromatic rings. The van der Waals surface area contributed by atoms with Gasteiger partial charge in [-0.15, -0.1) is 0 Å². The highest BCUT2D eigenvalue weighted by Gasteiger charge is 2.30. The number of nitrogens with two attached hydrogens (primary N) is 1. The van der Waals surface area contributed by atoms with Crippen LogP contribution in [0.1, 0.15) is 27.2 Å². The highest BCUT2D eigenvalue weighted by atomic mass is 16.3. The largest absolute Gasteiger partial charge is 0.392 e. The summed E-state index contributed by atoms with van der Waals surface area (Å²) in [7, 11) is 0. The standard InChI is InChI=1S/C13H27N3O2/c1-4-12-9-16(13(18)10(2)7-14)6-5-15(12)8-11(3)17/h10-12,17H,4-9,14H2,1-3H3. The van der Waals surface area contributed by atoms with E-state index in [0.29, 0.717) is 19.1 Å². The number of carbonyl (C=O) groups excluding carboxylic acids is 1. The summed E-state index contributed by atoms with van der Waals surface area (Å²) in [6.07, 6.45) is 0.678. The van der Waals surface area contributed by atoms with Crippen molar-refractivity contribution in [2.45, 2.75) is 39.3 Å². The lowest BCUT2D eigenvalue weighted by Crippen LogP contribution is -2.57. The zero-order valence-corrected chi connectivity index (χ0v) is 11.8. The van der Waals surface area contributed by atoms with E-state index in [0.717, 1.165) is 26.1 Å². The fourth-order valence-corrected chi connectivity index (χ4v) is 2.47. The van der Waals surface area contributed by atoms with Crippen molar-refractivity contribution in [2.75, 3.05) is 32.7 Å². The summed E-state index contributed by atoms with van der Waals surface area (Å²) >= 11 is 0. The van der Waals surface area contributed by atoms with Gasteiger partial charge >= 0.3 is 0 Å². The highest BCUT2D eigenvalue weighted by molar-refractivity contribution is 5.78. The van der Waals surface area contributed by atoms with E-state index in [1.807, 2.05) is 11.8 Å². The van der Waals surface area contributed by atoms with E-state index < -0.39 is 0 Å². The maximum Gasteiger partial charge on any atom is 0.226 e. The molecule has 1 heterocycles. The third kappa shape index (κ3) is 3.93. The molecule has 18 heavy (non-hydrogen) atoms. The van der Waals surface area contributed by atoms with Gasteiger partial charge in [-0.25, -0.2) is 0 Å². The minimum absolute atomic E-state index is 0.0918. The molecule has 1 aliphatic heterocycles. The van der Waals surface area contributed by atoms with Gasteiger partial charge in [0.15, 0.2) is 0 Å². The minimum Gasteiger partial charge on any atom is -0.392 e. The van der Waals surface area contributed by atoms with Crippen LogP contribution in [0.2, 0.25) is 0 Å². The number of carbonyl (C=O) groups is 1. The predicted molar refractivity (Wildman–Crippen MR) is 72.1 cm³/mol. The van der Waals surface area contributed by atoms with E-state index in [1.54, 1.807) is 6.92 Å². The average molecular weight is 257 g/mol. The van der Waals surface area contributed by atoms with Gasteiger partial charge in [-0.2, -0.15) is 0 Å². The number of piperazine rings is 1. The summed E-state index contributed by atoms with van der Waals surface area (Å²) in [5.41, 5.74) is 5.55. The first kappa shape index (κ1) is 15.4. The summed E-state index contributed by atoms with van der Waals surface area (Å²) in [5, 5.41) is 9.48. The number of hydrogen-bond acceptors (Lipinski definition) is 4. The zero-order chi connectivity index (χ0) is 13.7. The van der Waals surface area contributed by atoms with E-state index in [4.69, 9.17) is 5.73 Å². The smallest absolute Gasteiger partial charge is 0.226 e. The van der Waals surface area contributed by atoms with E-state index in [9.17, 15) is 9.90 Å². The van der Waals surface area contributed by atoms with Crippen molar-refractivity contribution in [1.82, 2.24) is 9.80 Å². The molecule has 106 valence electrons. The molecule has 3 unspecified atom stereocenters. The van der Waals surface area contributed by atoms with Gasteiger partial charge in [-0.3, -0.25) is 9.69 Å². The van der Waals surface area contributed by atoms with Crippen LogP contribution in [-0.4, -0.2) is 65.7 Å². The Balaban J connectivity index is 2.57. The summed E-state index contributed by atoms with van der Waals surface area (Å²) < 4.78 is 0. The monoisotopic (exact) mass is 257 g/mol. The van der Waals surface area contributed by atoms with E-state index in [2.05, 4.69) is 11.8 Å². The SMILES string of the molecule is CCC1CN(C(=O)C(C)CN)CCN1CC(C)O. The van der Waals surface area contributed by atoms with Gasteiger partial charge in [-0.1, -0.05) is 13.8 Å². The number of β-amino-alcohol motifs (C(OH)–C–C–N with tert-alkyl or cyclic N) is 1. The average Bonchev–Trinajstić information content (AvgIpc) is 2.36. The molecule has 1 rings (SSSR count). The second-order valence-corrected chi connectivity index (χ2v) is 5.33. The van der Waals surface area contributed by atoms with E-state index >= 15 is 0 Å². The lowest BCUT2D eigenvalue weighted by Gasteiger charge is -2.42. The van der Waals surface area contributed by atoms with Gasteiger partial charge in [0.25, 0.3) is 0 Å². The van der Waals surface area contributed by atoms with Crippen LogP contribution in [0.3, 0.4) is 0 Å². The molecule has 0 spiro atoms. The third-order valence-electron chi connectivity index (χ3n) is 3.66. The molecule has 1 amide bonds. The molecule has 0 aromatic heterocycles. The summed E-state index contributed by atoms with van der Waals surface area (Å²) in [5.74, 6) is 0.0680. The van der Waals surface area contributed by atoms with Crippen molar-refractivity contribution in [1.29, 1.82) is 0 Å². The van der Waals surface area contributed by atoms with Gasteiger partial charge in [0.2, 0.25) is 5.91 Å². The molecular formula is C13H27N3O2. The second kappa shape index (κ2) is 7.07. The number of rotatable bonds is 5. The quantitative estimate of drug-likeness (QED) is 0.721. The van der Waals surface area contributed by atoms with Gasteiger partial charge < -0.3 is 15.7 Å². The normalized spacial score (nSPS) is 24.9. The molecule has 3 N–H and O–H groups in total. The Bertz CT molecular complexity index is 271. The lowest BCUT2D eigenvalue weighted by molar-refractivity contribution is -0.138. The van der Waals surface area contributed by atoms with Crippen LogP contribution in [-0.2, 0) is 4.79 Å². The molecule has 0 saturated carbocycles. The Labute approximate surface area is 110 Å². The first-order chi connectivity index (χ1) is 8.49. The minimum atomic E-state index is -0.315. The predicted octanol–water partition coefficient (Wildman–Crippen LogP) is -0.115. The summed E-state index contributed by atoms with van der Waals surface area (Å²) in [6.45, 7) is 9.24. The van der Waals surface area contributed by atoms with Gasteiger partial charge in [0, 0.05) is 44.7 Å². The lowest BCUT2D eigenvalue weighted by atomic mass is 10.1. The molecule has 0 bridgehead atoms. The molecular weight excluding hydrogens is 230 g/mol. The van der Waals surface area contributed by atoms with Crippen LogP contribution in [0, 0.1) is 5.92 Å². The first-order valence-electron chi connectivity index (χ1n) is 6.90. The van der Waals surface area contributed by atoms with Gasteiger partial charge in [0.1, 0.15) is 0 Å². The van der Waals surface area contributed by atoms with Crippen molar-refractivity contribution in [3.8, 4) is 0 Å². The molecule has 0 aliphatic carbocycles. The Hall–Kier alpha value is -0.650. The van der Waals surface area contributed by atoms with Crippen LogP contribution < -0.4 is 5.73 Å². The van der Waals surface area contributed by atoms with Crippen molar-refractivity contribution in [3.05, 3.63) is 0 Å². The van der Waals surface area contributed by atoms with E-state index in [-0.39, 0.29) is 17.9 Å². The third-order valence-corrected chi connectivity index (χ3v) is 3.66. The summed E-state index contributed by atoms with van der Waals surface area (Å²) in [6, 6.07) is 0.349. The Morgan fingerprint density at radius 3 is 2.61 bits per heavy atom.